The average molecular weight is 414 g/mol. The second kappa shape index (κ2) is 7.90. The SMILES string of the molecule is CCSc1nc2nc3c(cn2n1)C(=O)CC(c1cc(OC)c(OC)c(OC)c1)C3. The summed E-state index contributed by atoms with van der Waals surface area (Å²) in [4.78, 5) is 22.0. The number of ketones is 1. The molecule has 2 heterocycles. The summed E-state index contributed by atoms with van der Waals surface area (Å²) in [7, 11) is 4.73. The maximum atomic E-state index is 12.9. The summed E-state index contributed by atoms with van der Waals surface area (Å²) < 4.78 is 17.9. The first-order valence-corrected chi connectivity index (χ1v) is 10.3. The third-order valence-corrected chi connectivity index (χ3v) is 5.71. The molecule has 0 N–H and O–H groups in total. The zero-order valence-electron chi connectivity index (χ0n) is 16.8. The van der Waals surface area contributed by atoms with E-state index in [0.29, 0.717) is 46.6 Å². The van der Waals surface area contributed by atoms with E-state index in [1.165, 1.54) is 0 Å². The molecule has 0 fully saturated rings. The lowest BCUT2D eigenvalue weighted by molar-refractivity contribution is 0.0962. The Labute approximate surface area is 172 Å². The van der Waals surface area contributed by atoms with Gasteiger partial charge in [0.2, 0.25) is 10.9 Å². The van der Waals surface area contributed by atoms with E-state index in [1.807, 2.05) is 19.1 Å². The van der Waals surface area contributed by atoms with Gasteiger partial charge in [0, 0.05) is 12.6 Å². The number of carbonyl (C=O) groups is 1. The summed E-state index contributed by atoms with van der Waals surface area (Å²) in [6.45, 7) is 2.04. The largest absolute Gasteiger partial charge is 0.493 e. The number of aromatic nitrogens is 4. The normalized spacial score (nSPS) is 16.0. The molecule has 1 atom stereocenters. The van der Waals surface area contributed by atoms with Gasteiger partial charge in [-0.15, -0.1) is 5.10 Å². The van der Waals surface area contributed by atoms with E-state index in [-0.39, 0.29) is 11.7 Å². The molecule has 0 saturated carbocycles. The fourth-order valence-corrected chi connectivity index (χ4v) is 4.18. The van der Waals surface area contributed by atoms with Gasteiger partial charge in [0.25, 0.3) is 5.78 Å². The maximum Gasteiger partial charge on any atom is 0.253 e. The van der Waals surface area contributed by atoms with Crippen LogP contribution in [0.15, 0.2) is 23.5 Å². The number of methoxy groups -OCH3 is 3. The number of fused-ring (bicyclic) bond motifs is 2. The second-order valence-electron chi connectivity index (χ2n) is 6.66. The predicted molar refractivity (Wildman–Crippen MR) is 109 cm³/mol. The highest BCUT2D eigenvalue weighted by molar-refractivity contribution is 7.99. The van der Waals surface area contributed by atoms with Crippen LogP contribution in [-0.4, -0.2) is 52.4 Å². The van der Waals surface area contributed by atoms with Crippen molar-refractivity contribution in [3.63, 3.8) is 0 Å². The average Bonchev–Trinajstić information content (AvgIpc) is 3.12. The molecule has 4 rings (SSSR count). The van der Waals surface area contributed by atoms with Crippen LogP contribution < -0.4 is 14.2 Å². The van der Waals surface area contributed by atoms with Gasteiger partial charge in [0.15, 0.2) is 17.3 Å². The zero-order valence-corrected chi connectivity index (χ0v) is 17.6. The highest BCUT2D eigenvalue weighted by Crippen LogP contribution is 2.42. The number of carbonyl (C=O) groups excluding carboxylic acids is 1. The molecular formula is C20H22N4O4S. The van der Waals surface area contributed by atoms with E-state index in [4.69, 9.17) is 14.2 Å². The Morgan fingerprint density at radius 2 is 1.83 bits per heavy atom. The molecule has 1 aliphatic carbocycles. The molecule has 3 aromatic rings. The third kappa shape index (κ3) is 3.50. The topological polar surface area (TPSA) is 87.8 Å². The Hall–Kier alpha value is -2.81. The number of hydrogen-bond acceptors (Lipinski definition) is 8. The molecule has 2 aromatic heterocycles. The fraction of sp³-hybridized carbons (Fsp3) is 0.400. The van der Waals surface area contributed by atoms with Crippen molar-refractivity contribution in [2.24, 2.45) is 0 Å². The first-order chi connectivity index (χ1) is 14.1. The smallest absolute Gasteiger partial charge is 0.253 e. The van der Waals surface area contributed by atoms with Crippen LogP contribution in [0.1, 0.15) is 40.9 Å². The van der Waals surface area contributed by atoms with Crippen LogP contribution in [0, 0.1) is 0 Å². The van der Waals surface area contributed by atoms with Gasteiger partial charge in [-0.25, -0.2) is 9.50 Å². The van der Waals surface area contributed by atoms with E-state index in [2.05, 4.69) is 15.1 Å². The number of rotatable bonds is 6. The molecule has 1 aromatic carbocycles. The van der Waals surface area contributed by atoms with Crippen LogP contribution in [-0.2, 0) is 6.42 Å². The molecule has 9 heteroatoms. The molecule has 29 heavy (non-hydrogen) atoms. The minimum Gasteiger partial charge on any atom is -0.493 e. The Morgan fingerprint density at radius 3 is 2.45 bits per heavy atom. The number of ether oxygens (including phenoxy) is 3. The van der Waals surface area contributed by atoms with Crippen LogP contribution in [0.4, 0.5) is 0 Å². The third-order valence-electron chi connectivity index (χ3n) is 4.99. The van der Waals surface area contributed by atoms with Crippen molar-refractivity contribution < 1.29 is 19.0 Å². The van der Waals surface area contributed by atoms with Crippen LogP contribution in [0.2, 0.25) is 0 Å². The van der Waals surface area contributed by atoms with E-state index >= 15 is 0 Å². The lowest BCUT2D eigenvalue weighted by atomic mass is 9.82. The molecule has 8 nitrogen and oxygen atoms in total. The summed E-state index contributed by atoms with van der Waals surface area (Å²) in [5.74, 6) is 3.07. The molecule has 0 amide bonds. The highest BCUT2D eigenvalue weighted by Gasteiger charge is 2.30. The van der Waals surface area contributed by atoms with Gasteiger partial charge in [-0.2, -0.15) is 4.98 Å². The van der Waals surface area contributed by atoms with Crippen molar-refractivity contribution in [3.05, 3.63) is 35.2 Å². The van der Waals surface area contributed by atoms with Crippen LogP contribution in [0.5, 0.6) is 17.2 Å². The monoisotopic (exact) mass is 414 g/mol. The van der Waals surface area contributed by atoms with Gasteiger partial charge in [-0.3, -0.25) is 4.79 Å². The van der Waals surface area contributed by atoms with Crippen molar-refractivity contribution in [1.82, 2.24) is 19.6 Å². The minimum absolute atomic E-state index is 0.0361. The molecule has 0 saturated heterocycles. The van der Waals surface area contributed by atoms with Crippen molar-refractivity contribution in [1.29, 1.82) is 0 Å². The Morgan fingerprint density at radius 1 is 1.10 bits per heavy atom. The number of thioether (sulfide) groups is 1. The van der Waals surface area contributed by atoms with E-state index < -0.39 is 0 Å². The van der Waals surface area contributed by atoms with Gasteiger partial charge in [0.1, 0.15) is 0 Å². The molecule has 0 spiro atoms. The molecule has 0 bridgehead atoms. The number of benzene rings is 1. The summed E-state index contributed by atoms with van der Waals surface area (Å²) in [6, 6.07) is 3.80. The minimum atomic E-state index is -0.0361. The predicted octanol–water partition coefficient (Wildman–Crippen LogP) is 3.17. The van der Waals surface area contributed by atoms with Gasteiger partial charge >= 0.3 is 0 Å². The molecule has 0 aliphatic heterocycles. The molecular weight excluding hydrogens is 392 g/mol. The quantitative estimate of drug-likeness (QED) is 0.569. The lowest BCUT2D eigenvalue weighted by Crippen LogP contribution is -2.21. The van der Waals surface area contributed by atoms with Crippen molar-refractivity contribution in [2.45, 2.75) is 30.8 Å². The number of nitrogens with zero attached hydrogens (tertiary/aromatic N) is 4. The Bertz CT molecular complexity index is 1060. The Kier molecular flexibility index (Phi) is 5.31. The fourth-order valence-electron chi connectivity index (χ4n) is 3.63. The zero-order chi connectivity index (χ0) is 20.5. The van der Waals surface area contributed by atoms with E-state index in [1.54, 1.807) is 43.8 Å². The lowest BCUT2D eigenvalue weighted by Gasteiger charge is -2.24. The van der Waals surface area contributed by atoms with Crippen LogP contribution in [0.25, 0.3) is 5.78 Å². The summed E-state index contributed by atoms with van der Waals surface area (Å²) >= 11 is 1.55. The van der Waals surface area contributed by atoms with Gasteiger partial charge < -0.3 is 14.2 Å². The summed E-state index contributed by atoms with van der Waals surface area (Å²) in [5, 5.41) is 5.06. The van der Waals surface area contributed by atoms with E-state index in [9.17, 15) is 4.79 Å². The van der Waals surface area contributed by atoms with Crippen LogP contribution >= 0.6 is 11.8 Å². The molecule has 152 valence electrons. The summed E-state index contributed by atoms with van der Waals surface area (Å²) in [5.41, 5.74) is 2.30. The maximum absolute atomic E-state index is 12.9. The van der Waals surface area contributed by atoms with Gasteiger partial charge in [-0.05, 0) is 35.8 Å². The first kappa shape index (κ1) is 19.5. The van der Waals surface area contributed by atoms with Crippen molar-refractivity contribution in [3.8, 4) is 17.2 Å². The molecule has 1 unspecified atom stereocenters. The summed E-state index contributed by atoms with van der Waals surface area (Å²) in [6.07, 6.45) is 2.75. The number of Topliss-reactive ketones (excluding diaryl/α,β-unsaturated/α-hetero) is 1. The standard InChI is InChI=1S/C20H22N4O4S/c1-5-29-20-22-19-21-14-6-11(7-15(25)13(14)10-24(19)23-20)12-8-16(26-2)18(28-4)17(9-12)27-3/h8-11H,5-7H2,1-4H3. The Balaban J connectivity index is 1.73. The van der Waals surface area contributed by atoms with Crippen molar-refractivity contribution >= 4 is 23.3 Å². The second-order valence-corrected chi connectivity index (χ2v) is 7.89. The van der Waals surface area contributed by atoms with Gasteiger partial charge in [-0.1, -0.05) is 18.7 Å². The van der Waals surface area contributed by atoms with E-state index in [0.717, 1.165) is 17.0 Å². The van der Waals surface area contributed by atoms with Gasteiger partial charge in [0.05, 0.1) is 32.6 Å². The molecule has 0 radical (unpaired) electrons. The molecule has 1 aliphatic rings. The number of hydrogen-bond donors (Lipinski definition) is 0. The highest BCUT2D eigenvalue weighted by atomic mass is 32.2. The first-order valence-electron chi connectivity index (χ1n) is 9.30. The van der Waals surface area contributed by atoms with Crippen LogP contribution in [0.3, 0.4) is 0 Å². The van der Waals surface area contributed by atoms with Crippen molar-refractivity contribution in [2.75, 3.05) is 27.1 Å².